The lowest BCUT2D eigenvalue weighted by Crippen LogP contribution is -2.36. The monoisotopic (exact) mass is 351 g/mol. The molecule has 0 spiro atoms. The average molecular weight is 352 g/mol. The quantitative estimate of drug-likeness (QED) is 0.768. The molecule has 6 heteroatoms. The van der Waals surface area contributed by atoms with E-state index in [2.05, 4.69) is 28.0 Å². The first-order valence-electron chi connectivity index (χ1n) is 8.00. The first-order valence-corrected chi connectivity index (χ1v) is 8.00. The van der Waals surface area contributed by atoms with Crippen LogP contribution in [0.5, 0.6) is 0 Å². The van der Waals surface area contributed by atoms with Crippen molar-refractivity contribution in [2.45, 2.75) is 26.1 Å². The molecule has 126 valence electrons. The van der Waals surface area contributed by atoms with Crippen LogP contribution < -0.4 is 5.32 Å². The first kappa shape index (κ1) is 17.2. The lowest BCUT2D eigenvalue weighted by atomic mass is 9.98. The fourth-order valence-electron chi connectivity index (χ4n) is 3.18. The molecule has 1 aliphatic heterocycles. The highest BCUT2D eigenvalue weighted by Gasteiger charge is 2.24. The van der Waals surface area contributed by atoms with Crippen molar-refractivity contribution in [1.82, 2.24) is 20.1 Å². The second kappa shape index (κ2) is 7.06. The molecule has 1 N–H and O–H groups in total. The molecule has 1 aromatic carbocycles. The van der Waals surface area contributed by atoms with E-state index in [9.17, 15) is 5.26 Å². The van der Waals surface area contributed by atoms with Crippen molar-refractivity contribution in [3.63, 3.8) is 0 Å². The maximum Gasteiger partial charge on any atom is 0.101 e. The summed E-state index contributed by atoms with van der Waals surface area (Å²) in [5.41, 5.74) is 5.92. The van der Waals surface area contributed by atoms with Gasteiger partial charge in [-0.3, -0.25) is 9.67 Å². The van der Waals surface area contributed by atoms with Gasteiger partial charge in [0.2, 0.25) is 0 Å². The van der Waals surface area contributed by atoms with E-state index in [0.29, 0.717) is 11.6 Å². The number of nitrogens with zero attached hydrogens (tertiary/aromatic N) is 4. The molecule has 5 nitrogen and oxygen atoms in total. The van der Waals surface area contributed by atoms with E-state index in [1.165, 1.54) is 5.69 Å². The fourth-order valence-corrected chi connectivity index (χ4v) is 3.18. The summed E-state index contributed by atoms with van der Waals surface area (Å²) in [5, 5.41) is 17.6. The van der Waals surface area contributed by atoms with Crippen molar-refractivity contribution in [2.75, 3.05) is 0 Å². The van der Waals surface area contributed by atoms with Crippen molar-refractivity contribution in [3.05, 3.63) is 60.0 Å². The van der Waals surface area contributed by atoms with Crippen LogP contribution in [-0.4, -0.2) is 20.8 Å². The van der Waals surface area contributed by atoms with Crippen LogP contribution in [0, 0.1) is 11.3 Å². The molecular weight excluding hydrogens is 334 g/mol. The standard InChI is InChI=1S/C19H17N5.ClH/c1-13-12-24-17(11-22-13)18(15-5-7-21-8-6-15)19(23-24)16-4-2-3-14(9-16)10-20;/h2-9,13,22H,11-12H2,1H3;1H/t13-;/m1./s1. The zero-order valence-electron chi connectivity index (χ0n) is 13.8. The Kier molecular flexibility index (Phi) is 4.84. The van der Waals surface area contributed by atoms with Crippen LogP contribution in [-0.2, 0) is 13.1 Å². The Morgan fingerprint density at radius 3 is 2.76 bits per heavy atom. The Morgan fingerprint density at radius 1 is 1.20 bits per heavy atom. The van der Waals surface area contributed by atoms with Crippen LogP contribution in [0.15, 0.2) is 48.8 Å². The Bertz CT molecular complexity index is 927. The lowest BCUT2D eigenvalue weighted by Gasteiger charge is -2.22. The van der Waals surface area contributed by atoms with Crippen LogP contribution in [0.2, 0.25) is 0 Å². The molecule has 4 rings (SSSR count). The lowest BCUT2D eigenvalue weighted by molar-refractivity contribution is 0.390. The molecule has 25 heavy (non-hydrogen) atoms. The fraction of sp³-hybridized carbons (Fsp3) is 0.211. The maximum atomic E-state index is 9.20. The minimum Gasteiger partial charge on any atom is -0.307 e. The largest absolute Gasteiger partial charge is 0.307 e. The summed E-state index contributed by atoms with van der Waals surface area (Å²) in [5.74, 6) is 0. The zero-order valence-corrected chi connectivity index (χ0v) is 14.6. The van der Waals surface area contributed by atoms with Gasteiger partial charge in [0.15, 0.2) is 0 Å². The minimum absolute atomic E-state index is 0. The van der Waals surface area contributed by atoms with Gasteiger partial charge in [0.1, 0.15) is 5.69 Å². The molecular formula is C19H18ClN5. The molecule has 1 atom stereocenters. The second-order valence-corrected chi connectivity index (χ2v) is 6.06. The van der Waals surface area contributed by atoms with Gasteiger partial charge >= 0.3 is 0 Å². The smallest absolute Gasteiger partial charge is 0.101 e. The van der Waals surface area contributed by atoms with E-state index in [0.717, 1.165) is 35.5 Å². The van der Waals surface area contributed by atoms with Gasteiger partial charge in [-0.15, -0.1) is 12.4 Å². The van der Waals surface area contributed by atoms with E-state index in [1.807, 2.05) is 36.4 Å². The highest BCUT2D eigenvalue weighted by atomic mass is 35.5. The third-order valence-corrected chi connectivity index (χ3v) is 4.36. The Balaban J connectivity index is 0.00000182. The molecule has 1 aliphatic rings. The number of benzene rings is 1. The summed E-state index contributed by atoms with van der Waals surface area (Å²) in [6.45, 7) is 3.78. The first-order chi connectivity index (χ1) is 11.8. The van der Waals surface area contributed by atoms with Gasteiger partial charge in [-0.05, 0) is 36.8 Å². The number of pyridine rings is 1. The van der Waals surface area contributed by atoms with E-state index < -0.39 is 0 Å². The summed E-state index contributed by atoms with van der Waals surface area (Å²) < 4.78 is 2.09. The topological polar surface area (TPSA) is 66.5 Å². The molecule has 2 aromatic heterocycles. The van der Waals surface area contributed by atoms with Crippen LogP contribution in [0.1, 0.15) is 18.2 Å². The van der Waals surface area contributed by atoms with Crippen molar-refractivity contribution in [2.24, 2.45) is 0 Å². The molecule has 0 saturated carbocycles. The number of halogens is 1. The number of hydrogen-bond acceptors (Lipinski definition) is 4. The SMILES string of the molecule is C[C@@H]1Cn2nc(-c3cccc(C#N)c3)c(-c3ccncc3)c2CN1.Cl. The molecule has 0 bridgehead atoms. The maximum absolute atomic E-state index is 9.20. The van der Waals surface area contributed by atoms with Crippen LogP contribution in [0.3, 0.4) is 0 Å². The van der Waals surface area contributed by atoms with Gasteiger partial charge in [-0.2, -0.15) is 10.4 Å². The Labute approximate surface area is 152 Å². The zero-order chi connectivity index (χ0) is 16.5. The highest BCUT2D eigenvalue weighted by molar-refractivity contribution is 5.85. The molecule has 3 aromatic rings. The number of aromatic nitrogens is 3. The number of rotatable bonds is 2. The van der Waals surface area contributed by atoms with E-state index >= 15 is 0 Å². The summed E-state index contributed by atoms with van der Waals surface area (Å²) in [6.07, 6.45) is 3.60. The van der Waals surface area contributed by atoms with Gasteiger partial charge in [-0.25, -0.2) is 0 Å². The molecule has 3 heterocycles. The Morgan fingerprint density at radius 2 is 2.00 bits per heavy atom. The number of nitriles is 1. The van der Waals surface area contributed by atoms with Crippen molar-refractivity contribution in [3.8, 4) is 28.5 Å². The molecule has 0 radical (unpaired) electrons. The third-order valence-electron chi connectivity index (χ3n) is 4.36. The summed E-state index contributed by atoms with van der Waals surface area (Å²) in [4.78, 5) is 4.12. The summed E-state index contributed by atoms with van der Waals surface area (Å²) >= 11 is 0. The summed E-state index contributed by atoms with van der Waals surface area (Å²) in [6, 6.07) is 14.2. The number of fused-ring (bicyclic) bond motifs is 1. The van der Waals surface area contributed by atoms with Crippen molar-refractivity contribution in [1.29, 1.82) is 5.26 Å². The van der Waals surface area contributed by atoms with Gasteiger partial charge in [0.25, 0.3) is 0 Å². The Hall–Kier alpha value is -2.68. The third kappa shape index (κ3) is 3.14. The second-order valence-electron chi connectivity index (χ2n) is 6.06. The van der Waals surface area contributed by atoms with Gasteiger partial charge in [0, 0.05) is 36.1 Å². The predicted molar refractivity (Wildman–Crippen MR) is 99.2 cm³/mol. The van der Waals surface area contributed by atoms with E-state index in [1.54, 1.807) is 12.4 Å². The van der Waals surface area contributed by atoms with Gasteiger partial charge in [0.05, 0.1) is 23.9 Å². The number of nitrogens with one attached hydrogen (secondary N) is 1. The number of hydrogen-bond donors (Lipinski definition) is 1. The molecule has 0 fully saturated rings. The van der Waals surface area contributed by atoms with Crippen LogP contribution >= 0.6 is 12.4 Å². The van der Waals surface area contributed by atoms with Gasteiger partial charge in [-0.1, -0.05) is 12.1 Å². The summed E-state index contributed by atoms with van der Waals surface area (Å²) in [7, 11) is 0. The van der Waals surface area contributed by atoms with E-state index in [-0.39, 0.29) is 12.4 Å². The van der Waals surface area contributed by atoms with Crippen molar-refractivity contribution < 1.29 is 0 Å². The highest BCUT2D eigenvalue weighted by Crippen LogP contribution is 2.35. The molecule has 0 aliphatic carbocycles. The van der Waals surface area contributed by atoms with Crippen LogP contribution in [0.4, 0.5) is 0 Å². The molecule has 0 unspecified atom stereocenters. The van der Waals surface area contributed by atoms with Crippen LogP contribution in [0.25, 0.3) is 22.4 Å². The minimum atomic E-state index is 0. The van der Waals surface area contributed by atoms with Gasteiger partial charge < -0.3 is 5.32 Å². The van der Waals surface area contributed by atoms with Crippen molar-refractivity contribution >= 4 is 12.4 Å². The van der Waals surface area contributed by atoms with E-state index in [4.69, 9.17) is 5.10 Å². The normalized spacial score (nSPS) is 15.8. The molecule has 0 amide bonds. The predicted octanol–water partition coefficient (Wildman–Crippen LogP) is 3.40. The molecule has 0 saturated heterocycles. The average Bonchev–Trinajstić information content (AvgIpc) is 3.01.